The molecule has 0 aliphatic rings. The van der Waals surface area contributed by atoms with Gasteiger partial charge in [-0.2, -0.15) is 0 Å². The highest BCUT2D eigenvalue weighted by Crippen LogP contribution is 2.30. The standard InChI is InChI=1S/C16H21N5S/c1-11(12-6-8-17-9-7-12)20(5)15-19-21-10-13(16(2,3)4)18-14(21)22-15/h6-11H,1-5H3. The first kappa shape index (κ1) is 15.0. The third kappa shape index (κ3) is 2.70. The summed E-state index contributed by atoms with van der Waals surface area (Å²) in [4.78, 5) is 11.9. The Labute approximate surface area is 134 Å². The van der Waals surface area contributed by atoms with Gasteiger partial charge in [-0.15, -0.1) is 5.10 Å². The highest BCUT2D eigenvalue weighted by Gasteiger charge is 2.21. The molecule has 0 amide bonds. The molecule has 0 aliphatic carbocycles. The Balaban J connectivity index is 1.88. The summed E-state index contributed by atoms with van der Waals surface area (Å²) < 4.78 is 1.89. The van der Waals surface area contributed by atoms with Crippen LogP contribution in [0.1, 0.15) is 45.0 Å². The Morgan fingerprint density at radius 3 is 2.50 bits per heavy atom. The highest BCUT2D eigenvalue weighted by atomic mass is 32.1. The van der Waals surface area contributed by atoms with Crippen LogP contribution in [0.3, 0.4) is 0 Å². The molecular formula is C16H21N5S. The number of pyridine rings is 1. The van der Waals surface area contributed by atoms with E-state index in [1.807, 2.05) is 35.2 Å². The topological polar surface area (TPSA) is 46.3 Å². The number of rotatable bonds is 3. The van der Waals surface area contributed by atoms with Crippen molar-refractivity contribution in [3.63, 3.8) is 0 Å². The Hall–Kier alpha value is -1.95. The molecule has 0 spiro atoms. The zero-order valence-electron chi connectivity index (χ0n) is 13.6. The zero-order chi connectivity index (χ0) is 15.9. The maximum Gasteiger partial charge on any atom is 0.214 e. The van der Waals surface area contributed by atoms with Gasteiger partial charge in [-0.1, -0.05) is 32.1 Å². The van der Waals surface area contributed by atoms with Crippen LogP contribution in [0.15, 0.2) is 30.7 Å². The van der Waals surface area contributed by atoms with Gasteiger partial charge in [0.25, 0.3) is 0 Å². The molecule has 3 heterocycles. The lowest BCUT2D eigenvalue weighted by Gasteiger charge is -2.24. The lowest BCUT2D eigenvalue weighted by molar-refractivity contribution is 0.572. The van der Waals surface area contributed by atoms with Gasteiger partial charge < -0.3 is 4.90 Å². The minimum atomic E-state index is 0.0455. The minimum Gasteiger partial charge on any atom is -0.343 e. The van der Waals surface area contributed by atoms with Gasteiger partial charge in [0.1, 0.15) is 0 Å². The molecular weight excluding hydrogens is 294 g/mol. The van der Waals surface area contributed by atoms with Crippen LogP contribution in [0.2, 0.25) is 0 Å². The van der Waals surface area contributed by atoms with Crippen LogP contribution in [0.4, 0.5) is 5.13 Å². The first-order valence-electron chi connectivity index (χ1n) is 7.36. The van der Waals surface area contributed by atoms with E-state index in [4.69, 9.17) is 4.98 Å². The lowest BCUT2D eigenvalue weighted by atomic mass is 9.93. The smallest absolute Gasteiger partial charge is 0.214 e. The molecule has 3 aromatic rings. The zero-order valence-corrected chi connectivity index (χ0v) is 14.4. The second-order valence-electron chi connectivity index (χ2n) is 6.56. The van der Waals surface area contributed by atoms with Crippen molar-refractivity contribution >= 4 is 21.4 Å². The van der Waals surface area contributed by atoms with Crippen LogP contribution < -0.4 is 4.90 Å². The molecule has 6 heteroatoms. The van der Waals surface area contributed by atoms with E-state index in [1.54, 1.807) is 11.3 Å². The molecule has 0 aromatic carbocycles. The SMILES string of the molecule is CC(c1ccncc1)N(C)c1nn2cc(C(C)(C)C)nc2s1. The van der Waals surface area contributed by atoms with Crippen LogP contribution in [0, 0.1) is 0 Å². The van der Waals surface area contributed by atoms with Gasteiger partial charge in [0.15, 0.2) is 0 Å². The fourth-order valence-corrected chi connectivity index (χ4v) is 3.15. The van der Waals surface area contributed by atoms with Crippen molar-refractivity contribution in [2.45, 2.75) is 39.2 Å². The number of hydrogen-bond donors (Lipinski definition) is 0. The van der Waals surface area contributed by atoms with Crippen LogP contribution in [-0.2, 0) is 5.41 Å². The predicted octanol–water partition coefficient (Wildman–Crippen LogP) is 3.68. The number of fused-ring (bicyclic) bond motifs is 1. The van der Waals surface area contributed by atoms with Gasteiger partial charge in [0, 0.05) is 24.9 Å². The summed E-state index contributed by atoms with van der Waals surface area (Å²) in [6, 6.07) is 4.32. The van der Waals surface area contributed by atoms with Crippen LogP contribution in [0.25, 0.3) is 4.96 Å². The monoisotopic (exact) mass is 315 g/mol. The molecule has 0 N–H and O–H groups in total. The summed E-state index contributed by atoms with van der Waals surface area (Å²) in [6.07, 6.45) is 5.67. The molecule has 0 bridgehead atoms. The number of imidazole rings is 1. The third-order valence-corrected chi connectivity index (χ3v) is 4.89. The van der Waals surface area contributed by atoms with Gasteiger partial charge in [0.05, 0.1) is 17.9 Å². The van der Waals surface area contributed by atoms with E-state index in [0.29, 0.717) is 0 Å². The molecule has 1 unspecified atom stereocenters. The van der Waals surface area contributed by atoms with Gasteiger partial charge in [-0.3, -0.25) is 4.98 Å². The van der Waals surface area contributed by atoms with Crippen molar-refractivity contribution in [2.24, 2.45) is 0 Å². The second kappa shape index (κ2) is 5.35. The van der Waals surface area contributed by atoms with Crippen molar-refractivity contribution in [1.29, 1.82) is 0 Å². The van der Waals surface area contributed by atoms with E-state index in [1.165, 1.54) is 5.56 Å². The Kier molecular flexibility index (Phi) is 3.64. The Morgan fingerprint density at radius 2 is 1.91 bits per heavy atom. The van der Waals surface area contributed by atoms with Gasteiger partial charge in [0.2, 0.25) is 10.1 Å². The van der Waals surface area contributed by atoms with Gasteiger partial charge in [-0.25, -0.2) is 9.50 Å². The summed E-state index contributed by atoms with van der Waals surface area (Å²) in [5, 5.41) is 5.64. The summed E-state index contributed by atoms with van der Waals surface area (Å²) in [7, 11) is 2.06. The van der Waals surface area contributed by atoms with E-state index in [0.717, 1.165) is 15.8 Å². The minimum absolute atomic E-state index is 0.0455. The molecule has 0 radical (unpaired) electrons. The maximum atomic E-state index is 4.70. The van der Waals surface area contributed by atoms with Gasteiger partial charge >= 0.3 is 0 Å². The third-order valence-electron chi connectivity index (χ3n) is 3.87. The second-order valence-corrected chi connectivity index (χ2v) is 7.49. The number of hydrogen-bond acceptors (Lipinski definition) is 5. The fraction of sp³-hybridized carbons (Fsp3) is 0.438. The quantitative estimate of drug-likeness (QED) is 0.739. The van der Waals surface area contributed by atoms with E-state index in [2.05, 4.69) is 49.7 Å². The summed E-state index contributed by atoms with van der Waals surface area (Å²) in [5.74, 6) is 0. The van der Waals surface area contributed by atoms with Crippen molar-refractivity contribution in [2.75, 3.05) is 11.9 Å². The average Bonchev–Trinajstić information content (AvgIpc) is 3.04. The summed E-state index contributed by atoms with van der Waals surface area (Å²) in [5.41, 5.74) is 2.34. The molecule has 22 heavy (non-hydrogen) atoms. The highest BCUT2D eigenvalue weighted by molar-refractivity contribution is 7.20. The van der Waals surface area contributed by atoms with Crippen molar-refractivity contribution in [1.82, 2.24) is 19.6 Å². The molecule has 0 fully saturated rings. The first-order chi connectivity index (χ1) is 10.4. The number of nitrogens with zero attached hydrogens (tertiary/aromatic N) is 5. The van der Waals surface area contributed by atoms with Crippen molar-refractivity contribution in [3.05, 3.63) is 42.0 Å². The van der Waals surface area contributed by atoms with Crippen molar-refractivity contribution < 1.29 is 0 Å². The van der Waals surface area contributed by atoms with Crippen molar-refractivity contribution in [3.8, 4) is 0 Å². The average molecular weight is 315 g/mol. The molecule has 3 rings (SSSR count). The fourth-order valence-electron chi connectivity index (χ4n) is 2.22. The number of anilines is 1. The molecule has 1 atom stereocenters. The normalized spacial score (nSPS) is 13.5. The van der Waals surface area contributed by atoms with E-state index >= 15 is 0 Å². The molecule has 3 aromatic heterocycles. The van der Waals surface area contributed by atoms with Gasteiger partial charge in [-0.05, 0) is 24.6 Å². The Morgan fingerprint density at radius 1 is 1.23 bits per heavy atom. The van der Waals surface area contributed by atoms with E-state index < -0.39 is 0 Å². The molecule has 5 nitrogen and oxygen atoms in total. The largest absolute Gasteiger partial charge is 0.343 e. The molecule has 0 aliphatic heterocycles. The Bertz CT molecular complexity index is 737. The van der Waals surface area contributed by atoms with E-state index in [9.17, 15) is 0 Å². The molecule has 0 saturated heterocycles. The molecule has 0 saturated carbocycles. The van der Waals surface area contributed by atoms with E-state index in [-0.39, 0.29) is 11.5 Å². The molecule has 116 valence electrons. The van der Waals surface area contributed by atoms with Crippen LogP contribution in [0.5, 0.6) is 0 Å². The first-order valence-corrected chi connectivity index (χ1v) is 8.17. The lowest BCUT2D eigenvalue weighted by Crippen LogP contribution is -2.21. The predicted molar refractivity (Wildman–Crippen MR) is 90.6 cm³/mol. The van der Waals surface area contributed by atoms with Crippen LogP contribution >= 0.6 is 11.3 Å². The van der Waals surface area contributed by atoms with Crippen LogP contribution in [-0.4, -0.2) is 26.6 Å². The summed E-state index contributed by atoms with van der Waals surface area (Å²) >= 11 is 1.62. The summed E-state index contributed by atoms with van der Waals surface area (Å²) in [6.45, 7) is 8.66. The number of aromatic nitrogens is 4. The maximum absolute atomic E-state index is 4.70.